The second kappa shape index (κ2) is 9.77. The van der Waals surface area contributed by atoms with Gasteiger partial charge in [-0.1, -0.05) is 30.3 Å². The quantitative estimate of drug-likeness (QED) is 0.653. The number of hydrogen-bond acceptors (Lipinski definition) is 4. The van der Waals surface area contributed by atoms with Gasteiger partial charge in [-0.05, 0) is 44.9 Å². The van der Waals surface area contributed by atoms with Crippen molar-refractivity contribution < 1.29 is 4.79 Å². The molecule has 1 amide bonds. The van der Waals surface area contributed by atoms with E-state index < -0.39 is 0 Å². The summed E-state index contributed by atoms with van der Waals surface area (Å²) in [5.41, 5.74) is 9.58. The number of amides is 1. The third-order valence-electron chi connectivity index (χ3n) is 5.67. The minimum absolute atomic E-state index is 0. The highest BCUT2D eigenvalue weighted by molar-refractivity contribution is 6.05. The number of likely N-dealkylation sites (tertiary alicyclic amines) is 1. The van der Waals surface area contributed by atoms with E-state index >= 15 is 0 Å². The van der Waals surface area contributed by atoms with Crippen molar-refractivity contribution in [2.45, 2.75) is 32.7 Å². The standard InChI is InChI=1S/C22H27N5O.2ClH/c1-14(2)27-21-19(11-24-27)18(9-15(3)25-21)22(28)26-12-17(10-23)20(13-26)16-7-5-4-6-8-16;;/h4-9,11,14,17,20H,10,12-13,23H2,1-3H3;2*1H/t17-,20+;;/m1../s1. The maximum absolute atomic E-state index is 13.5. The van der Waals surface area contributed by atoms with Gasteiger partial charge < -0.3 is 10.6 Å². The second-order valence-corrected chi connectivity index (χ2v) is 7.95. The van der Waals surface area contributed by atoms with E-state index in [1.807, 2.05) is 40.8 Å². The van der Waals surface area contributed by atoms with Crippen LogP contribution in [0.25, 0.3) is 11.0 Å². The summed E-state index contributed by atoms with van der Waals surface area (Å²) in [5.74, 6) is 0.575. The first-order valence-electron chi connectivity index (χ1n) is 9.88. The summed E-state index contributed by atoms with van der Waals surface area (Å²) in [6.07, 6.45) is 1.76. The molecule has 0 aliphatic carbocycles. The Hall–Kier alpha value is -2.15. The zero-order valence-corrected chi connectivity index (χ0v) is 19.1. The van der Waals surface area contributed by atoms with Crippen molar-refractivity contribution in [3.63, 3.8) is 0 Å². The van der Waals surface area contributed by atoms with Gasteiger partial charge in [-0.25, -0.2) is 9.67 Å². The summed E-state index contributed by atoms with van der Waals surface area (Å²) >= 11 is 0. The van der Waals surface area contributed by atoms with Crippen molar-refractivity contribution in [2.24, 2.45) is 11.7 Å². The van der Waals surface area contributed by atoms with Crippen LogP contribution in [0.1, 0.15) is 47.4 Å². The zero-order valence-electron chi connectivity index (χ0n) is 17.5. The number of halogens is 2. The van der Waals surface area contributed by atoms with E-state index in [1.165, 1.54) is 5.56 Å². The van der Waals surface area contributed by atoms with Crippen molar-refractivity contribution in [3.8, 4) is 0 Å². The molecule has 2 aromatic heterocycles. The molecule has 0 radical (unpaired) electrons. The molecule has 1 fully saturated rings. The Balaban J connectivity index is 0.00000160. The fourth-order valence-corrected chi connectivity index (χ4v) is 4.22. The topological polar surface area (TPSA) is 77.0 Å². The third-order valence-corrected chi connectivity index (χ3v) is 5.67. The lowest BCUT2D eigenvalue weighted by Crippen LogP contribution is -2.30. The van der Waals surface area contributed by atoms with Crippen molar-refractivity contribution in [1.82, 2.24) is 19.7 Å². The summed E-state index contributed by atoms with van der Waals surface area (Å²) in [4.78, 5) is 20.0. The Morgan fingerprint density at radius 1 is 1.20 bits per heavy atom. The first-order chi connectivity index (χ1) is 13.5. The Kier molecular flexibility index (Phi) is 7.86. The average Bonchev–Trinajstić information content (AvgIpc) is 3.31. The van der Waals surface area contributed by atoms with Gasteiger partial charge in [-0.15, -0.1) is 24.8 Å². The summed E-state index contributed by atoms with van der Waals surface area (Å²) < 4.78 is 1.87. The fourth-order valence-electron chi connectivity index (χ4n) is 4.22. The number of nitrogens with zero attached hydrogens (tertiary/aromatic N) is 4. The van der Waals surface area contributed by atoms with Gasteiger partial charge in [0.2, 0.25) is 0 Å². The fraction of sp³-hybridized carbons (Fsp3) is 0.409. The van der Waals surface area contributed by atoms with Gasteiger partial charge in [0.25, 0.3) is 5.91 Å². The van der Waals surface area contributed by atoms with Crippen LogP contribution in [-0.4, -0.2) is 45.2 Å². The summed E-state index contributed by atoms with van der Waals surface area (Å²) in [6.45, 7) is 7.98. The number of fused-ring (bicyclic) bond motifs is 1. The number of carbonyl (C=O) groups is 1. The number of hydrogen-bond donors (Lipinski definition) is 1. The van der Waals surface area contributed by atoms with Crippen LogP contribution in [0.5, 0.6) is 0 Å². The van der Waals surface area contributed by atoms with Gasteiger partial charge in [0.05, 0.1) is 17.1 Å². The van der Waals surface area contributed by atoms with Crippen LogP contribution in [0.3, 0.4) is 0 Å². The van der Waals surface area contributed by atoms with Crippen molar-refractivity contribution in [2.75, 3.05) is 19.6 Å². The highest BCUT2D eigenvalue weighted by Gasteiger charge is 2.36. The first kappa shape index (κ1) is 24.1. The monoisotopic (exact) mass is 449 g/mol. The molecule has 4 rings (SSSR count). The molecule has 2 N–H and O–H groups in total. The Morgan fingerprint density at radius 3 is 2.53 bits per heavy atom. The lowest BCUT2D eigenvalue weighted by atomic mass is 9.89. The summed E-state index contributed by atoms with van der Waals surface area (Å²) in [7, 11) is 0. The Labute approximate surface area is 189 Å². The van der Waals surface area contributed by atoms with Crippen molar-refractivity contribution in [1.29, 1.82) is 0 Å². The lowest BCUT2D eigenvalue weighted by Gasteiger charge is -2.18. The molecule has 6 nitrogen and oxygen atoms in total. The third kappa shape index (κ3) is 4.31. The van der Waals surface area contributed by atoms with Crippen molar-refractivity contribution >= 4 is 41.8 Å². The van der Waals surface area contributed by atoms with Gasteiger partial charge in [0, 0.05) is 30.7 Å². The molecular weight excluding hydrogens is 421 g/mol. The van der Waals surface area contributed by atoms with E-state index in [2.05, 4.69) is 36.1 Å². The van der Waals surface area contributed by atoms with Crippen LogP contribution >= 0.6 is 24.8 Å². The molecule has 0 saturated carbocycles. The van der Waals surface area contributed by atoms with E-state index in [4.69, 9.17) is 5.73 Å². The predicted molar refractivity (Wildman–Crippen MR) is 125 cm³/mol. The van der Waals surface area contributed by atoms with E-state index in [-0.39, 0.29) is 48.6 Å². The van der Waals surface area contributed by atoms with Gasteiger partial charge in [-0.2, -0.15) is 5.10 Å². The number of aromatic nitrogens is 3. The molecule has 1 aliphatic rings. The molecule has 0 unspecified atom stereocenters. The SMILES string of the molecule is Cc1cc(C(=O)N2C[C@@H](CN)[C@H](c3ccccc3)C2)c2cnn(C(C)C)c2n1.Cl.Cl. The molecule has 0 spiro atoms. The van der Waals surface area contributed by atoms with Gasteiger partial charge in [0.1, 0.15) is 0 Å². The van der Waals surface area contributed by atoms with Crippen LogP contribution in [0.15, 0.2) is 42.6 Å². The lowest BCUT2D eigenvalue weighted by molar-refractivity contribution is 0.0788. The van der Waals surface area contributed by atoms with Gasteiger partial charge >= 0.3 is 0 Å². The average molecular weight is 450 g/mol. The van der Waals surface area contributed by atoms with Gasteiger partial charge in [0.15, 0.2) is 5.65 Å². The molecule has 162 valence electrons. The predicted octanol–water partition coefficient (Wildman–Crippen LogP) is 3.98. The molecule has 1 aromatic carbocycles. The minimum atomic E-state index is 0. The summed E-state index contributed by atoms with van der Waals surface area (Å²) in [6, 6.07) is 12.4. The largest absolute Gasteiger partial charge is 0.338 e. The minimum Gasteiger partial charge on any atom is -0.338 e. The molecule has 30 heavy (non-hydrogen) atoms. The first-order valence-corrected chi connectivity index (χ1v) is 9.88. The number of pyridine rings is 1. The Morgan fingerprint density at radius 2 is 1.90 bits per heavy atom. The number of carbonyl (C=O) groups excluding carboxylic acids is 1. The smallest absolute Gasteiger partial charge is 0.254 e. The number of benzene rings is 1. The number of rotatable bonds is 4. The number of aryl methyl sites for hydroxylation is 1. The second-order valence-electron chi connectivity index (χ2n) is 7.95. The molecule has 1 saturated heterocycles. The number of nitrogens with two attached hydrogens (primary N) is 1. The molecule has 0 bridgehead atoms. The summed E-state index contributed by atoms with van der Waals surface area (Å²) in [5, 5.41) is 5.28. The molecule has 1 aliphatic heterocycles. The molecular formula is C22H29Cl2N5O. The molecule has 3 aromatic rings. The maximum atomic E-state index is 13.5. The van der Waals surface area contributed by atoms with E-state index in [0.717, 1.165) is 16.7 Å². The van der Waals surface area contributed by atoms with Crippen LogP contribution in [0, 0.1) is 12.8 Å². The van der Waals surface area contributed by atoms with Gasteiger partial charge in [-0.3, -0.25) is 4.79 Å². The highest BCUT2D eigenvalue weighted by atomic mass is 35.5. The van der Waals surface area contributed by atoms with Crippen LogP contribution in [0.2, 0.25) is 0 Å². The molecule has 8 heteroatoms. The normalized spacial score (nSPS) is 18.4. The molecule has 2 atom stereocenters. The maximum Gasteiger partial charge on any atom is 0.254 e. The molecule has 3 heterocycles. The Bertz CT molecular complexity index is 1010. The van der Waals surface area contributed by atoms with E-state index in [0.29, 0.717) is 25.2 Å². The van der Waals surface area contributed by atoms with E-state index in [1.54, 1.807) is 6.20 Å². The highest BCUT2D eigenvalue weighted by Crippen LogP contribution is 2.33. The van der Waals surface area contributed by atoms with Crippen LogP contribution in [0.4, 0.5) is 0 Å². The van der Waals surface area contributed by atoms with Crippen LogP contribution in [-0.2, 0) is 0 Å². The van der Waals surface area contributed by atoms with Crippen molar-refractivity contribution in [3.05, 3.63) is 59.4 Å². The van der Waals surface area contributed by atoms with E-state index in [9.17, 15) is 4.79 Å². The zero-order chi connectivity index (χ0) is 19.8. The van der Waals surface area contributed by atoms with Crippen LogP contribution < -0.4 is 5.73 Å².